The zero-order valence-corrected chi connectivity index (χ0v) is 24.2. The van der Waals surface area contributed by atoms with Gasteiger partial charge in [0.1, 0.15) is 25.2 Å². The number of thioether (sulfide) groups is 1. The predicted molar refractivity (Wildman–Crippen MR) is 162 cm³/mol. The molecule has 0 spiro atoms. The number of nitrogens with one attached hydrogen (secondary N) is 4. The molecule has 0 saturated carbocycles. The maximum Gasteiger partial charge on any atom is 0.407 e. The normalized spacial score (nSPS) is 11.8. The van der Waals surface area contributed by atoms with E-state index >= 15 is 0 Å². The Morgan fingerprint density at radius 1 is 0.674 bits per heavy atom. The van der Waals surface area contributed by atoms with Crippen molar-refractivity contribution >= 4 is 41.5 Å². The van der Waals surface area contributed by atoms with Gasteiger partial charge in [-0.15, -0.1) is 0 Å². The second-order valence-electron chi connectivity index (χ2n) is 9.40. The molecule has 0 radical (unpaired) electrons. The Labute approximate surface area is 253 Å². The minimum atomic E-state index is -1.21. The number of carboxylic acids is 1. The Morgan fingerprint density at radius 3 is 1.84 bits per heavy atom. The lowest BCUT2D eigenvalue weighted by Gasteiger charge is -2.21. The Balaban J connectivity index is 1.50. The molecular weight excluding hydrogens is 572 g/mol. The third-order valence-electron chi connectivity index (χ3n) is 6.00. The Bertz CT molecular complexity index is 1340. The first-order valence-corrected chi connectivity index (χ1v) is 14.6. The molecular formula is C31H34N4O7S. The van der Waals surface area contributed by atoms with E-state index in [0.29, 0.717) is 5.75 Å². The maximum atomic E-state index is 13.2. The first-order valence-electron chi connectivity index (χ1n) is 13.5. The van der Waals surface area contributed by atoms with Crippen molar-refractivity contribution in [2.75, 3.05) is 18.8 Å². The van der Waals surface area contributed by atoms with Gasteiger partial charge in [0.05, 0.1) is 6.54 Å². The average Bonchev–Trinajstić information content (AvgIpc) is 3.02. The predicted octanol–water partition coefficient (Wildman–Crippen LogP) is 2.26. The Kier molecular flexibility index (Phi) is 13.6. The first-order chi connectivity index (χ1) is 20.8. The van der Waals surface area contributed by atoms with Crippen molar-refractivity contribution in [2.45, 2.75) is 30.9 Å². The van der Waals surface area contributed by atoms with E-state index in [1.165, 1.54) is 11.8 Å². The molecule has 4 amide bonds. The van der Waals surface area contributed by atoms with Gasteiger partial charge in [0.2, 0.25) is 17.7 Å². The molecule has 0 fully saturated rings. The standard InChI is InChI=1S/C31H34N4O7S/c36-27(17-33-31(41)42-19-23-12-6-2-7-13-23)32-18-28(37)34-26(21-43-20-24-14-8-3-9-15-24)29(38)35-25(30(39)40)16-22-10-4-1-5-11-22/h1-15,25-26H,16-21H2,(H,32,36)(H,33,41)(H,34,37)(H,35,38)(H,39,40)/t25-,26-/m0/s1. The highest BCUT2D eigenvalue weighted by atomic mass is 32.2. The van der Waals surface area contributed by atoms with Gasteiger partial charge in [0.25, 0.3) is 0 Å². The number of carbonyl (C=O) groups excluding carboxylic acids is 4. The van der Waals surface area contributed by atoms with Gasteiger partial charge in [0.15, 0.2) is 0 Å². The Morgan fingerprint density at radius 2 is 1.23 bits per heavy atom. The summed E-state index contributed by atoms with van der Waals surface area (Å²) in [5.41, 5.74) is 2.54. The summed E-state index contributed by atoms with van der Waals surface area (Å²) >= 11 is 1.39. The fourth-order valence-corrected chi connectivity index (χ4v) is 4.80. The fraction of sp³-hybridized carbons (Fsp3) is 0.258. The summed E-state index contributed by atoms with van der Waals surface area (Å²) in [6, 6.07) is 25.2. The van der Waals surface area contributed by atoms with Crippen LogP contribution in [-0.2, 0) is 42.7 Å². The molecule has 0 unspecified atom stereocenters. The van der Waals surface area contributed by atoms with E-state index in [-0.39, 0.29) is 18.8 Å². The van der Waals surface area contributed by atoms with Crippen molar-refractivity contribution in [3.8, 4) is 0 Å². The van der Waals surface area contributed by atoms with Gasteiger partial charge in [-0.2, -0.15) is 11.8 Å². The number of alkyl carbamates (subject to hydrolysis) is 1. The van der Waals surface area contributed by atoms with E-state index < -0.39 is 55.0 Å². The van der Waals surface area contributed by atoms with Gasteiger partial charge in [-0.1, -0.05) is 91.0 Å². The minimum Gasteiger partial charge on any atom is -0.480 e. The van der Waals surface area contributed by atoms with Gasteiger partial charge < -0.3 is 31.1 Å². The average molecular weight is 607 g/mol. The fourth-order valence-electron chi connectivity index (χ4n) is 3.79. The molecule has 12 heteroatoms. The lowest BCUT2D eigenvalue weighted by molar-refractivity contribution is -0.142. The van der Waals surface area contributed by atoms with Crippen LogP contribution in [0.4, 0.5) is 4.79 Å². The third kappa shape index (κ3) is 12.7. The van der Waals surface area contributed by atoms with E-state index in [1.807, 2.05) is 36.4 Å². The molecule has 5 N–H and O–H groups in total. The monoisotopic (exact) mass is 606 g/mol. The molecule has 3 rings (SSSR count). The molecule has 0 aromatic heterocycles. The van der Waals surface area contributed by atoms with Crippen LogP contribution in [0.3, 0.4) is 0 Å². The van der Waals surface area contributed by atoms with Gasteiger partial charge in [0, 0.05) is 17.9 Å². The molecule has 0 saturated heterocycles. The van der Waals surface area contributed by atoms with Crippen LogP contribution < -0.4 is 21.3 Å². The quantitative estimate of drug-likeness (QED) is 0.166. The molecule has 0 aliphatic carbocycles. The van der Waals surface area contributed by atoms with Crippen LogP contribution in [0.15, 0.2) is 91.0 Å². The molecule has 43 heavy (non-hydrogen) atoms. The molecule has 0 aliphatic rings. The summed E-state index contributed by atoms with van der Waals surface area (Å²) in [5.74, 6) is -2.44. The molecule has 0 heterocycles. The third-order valence-corrected chi connectivity index (χ3v) is 7.10. The number of benzene rings is 3. The summed E-state index contributed by atoms with van der Waals surface area (Å²) in [4.78, 5) is 61.7. The molecule has 0 bridgehead atoms. The highest BCUT2D eigenvalue weighted by Gasteiger charge is 2.27. The van der Waals surface area contributed by atoms with E-state index in [1.54, 1.807) is 54.6 Å². The number of carboxylic acid groups (broad SMARTS) is 1. The van der Waals surface area contributed by atoms with Crippen molar-refractivity contribution in [3.63, 3.8) is 0 Å². The van der Waals surface area contributed by atoms with Crippen molar-refractivity contribution < 1.29 is 33.8 Å². The second kappa shape index (κ2) is 17.9. The van der Waals surface area contributed by atoms with Crippen LogP contribution in [0, 0.1) is 0 Å². The topological polar surface area (TPSA) is 163 Å². The van der Waals surface area contributed by atoms with Gasteiger partial charge >= 0.3 is 12.1 Å². The van der Waals surface area contributed by atoms with Crippen LogP contribution in [0.25, 0.3) is 0 Å². The molecule has 2 atom stereocenters. The second-order valence-corrected chi connectivity index (χ2v) is 10.4. The number of carbonyl (C=O) groups is 5. The Hall–Kier alpha value is -4.84. The van der Waals surface area contributed by atoms with Crippen LogP contribution in [-0.4, -0.2) is 65.8 Å². The van der Waals surface area contributed by atoms with Crippen molar-refractivity contribution in [2.24, 2.45) is 0 Å². The van der Waals surface area contributed by atoms with Gasteiger partial charge in [-0.05, 0) is 16.7 Å². The number of ether oxygens (including phenoxy) is 1. The highest BCUT2D eigenvalue weighted by molar-refractivity contribution is 7.98. The molecule has 11 nitrogen and oxygen atoms in total. The van der Waals surface area contributed by atoms with Crippen molar-refractivity contribution in [3.05, 3.63) is 108 Å². The lowest BCUT2D eigenvalue weighted by atomic mass is 10.1. The van der Waals surface area contributed by atoms with E-state index in [9.17, 15) is 29.1 Å². The van der Waals surface area contributed by atoms with Crippen LogP contribution in [0.5, 0.6) is 0 Å². The highest BCUT2D eigenvalue weighted by Crippen LogP contribution is 2.13. The van der Waals surface area contributed by atoms with Crippen LogP contribution in [0.1, 0.15) is 16.7 Å². The van der Waals surface area contributed by atoms with Crippen molar-refractivity contribution in [1.29, 1.82) is 0 Å². The van der Waals surface area contributed by atoms with Gasteiger partial charge in [-0.3, -0.25) is 14.4 Å². The first kappa shape index (κ1) is 32.7. The van der Waals surface area contributed by atoms with Crippen LogP contribution in [0.2, 0.25) is 0 Å². The van der Waals surface area contributed by atoms with E-state index in [0.717, 1.165) is 16.7 Å². The zero-order chi connectivity index (χ0) is 30.9. The minimum absolute atomic E-state index is 0.0382. The zero-order valence-electron chi connectivity index (χ0n) is 23.4. The maximum absolute atomic E-state index is 13.2. The number of hydrogen-bond donors (Lipinski definition) is 5. The number of hydrogen-bond acceptors (Lipinski definition) is 7. The molecule has 0 aliphatic heterocycles. The number of aliphatic carboxylic acids is 1. The number of rotatable bonds is 16. The lowest BCUT2D eigenvalue weighted by Crippen LogP contribution is -2.54. The van der Waals surface area contributed by atoms with E-state index in [4.69, 9.17) is 4.74 Å². The summed E-state index contributed by atoms with van der Waals surface area (Å²) in [6.07, 6.45) is -0.726. The molecule has 3 aromatic carbocycles. The van der Waals surface area contributed by atoms with Gasteiger partial charge in [-0.25, -0.2) is 9.59 Å². The number of amides is 4. The largest absolute Gasteiger partial charge is 0.480 e. The summed E-state index contributed by atoms with van der Waals surface area (Å²) in [5, 5.41) is 19.5. The molecule has 3 aromatic rings. The summed E-state index contributed by atoms with van der Waals surface area (Å²) < 4.78 is 5.04. The van der Waals surface area contributed by atoms with E-state index in [2.05, 4.69) is 21.3 Å². The van der Waals surface area contributed by atoms with Crippen molar-refractivity contribution in [1.82, 2.24) is 21.3 Å². The van der Waals surface area contributed by atoms with Crippen LogP contribution >= 0.6 is 11.8 Å². The summed E-state index contributed by atoms with van der Waals surface area (Å²) in [6.45, 7) is -0.840. The molecule has 226 valence electrons. The summed E-state index contributed by atoms with van der Waals surface area (Å²) in [7, 11) is 0. The SMILES string of the molecule is O=C(CNC(=O)OCc1ccccc1)NCC(=O)N[C@@H](CSCc1ccccc1)C(=O)N[C@@H](Cc1ccccc1)C(=O)O. The smallest absolute Gasteiger partial charge is 0.407 e.